The third kappa shape index (κ3) is 6.33. The number of aromatic nitrogens is 2. The summed E-state index contributed by atoms with van der Waals surface area (Å²) in [6.07, 6.45) is 10.6. The fraction of sp³-hybridized carbons (Fsp3) is 0.571. The number of aryl methyl sites for hydroxylation is 1. The van der Waals surface area contributed by atoms with Crippen LogP contribution >= 0.6 is 0 Å². The Bertz CT molecular complexity index is 1050. The maximum atomic E-state index is 13.5. The quantitative estimate of drug-likeness (QED) is 0.427. The maximum absolute atomic E-state index is 13.5. The number of anilines is 2. The van der Waals surface area contributed by atoms with Crippen molar-refractivity contribution >= 4 is 23.4 Å². The predicted octanol–water partition coefficient (Wildman–Crippen LogP) is 5.36. The smallest absolute Gasteiger partial charge is 0.303 e. The van der Waals surface area contributed by atoms with E-state index in [0.29, 0.717) is 24.9 Å². The number of carboxylic acids is 1. The van der Waals surface area contributed by atoms with Crippen LogP contribution in [0.25, 0.3) is 0 Å². The topological polar surface area (TPSA) is 119 Å². The Kier molecular flexibility index (Phi) is 8.78. The molecule has 0 saturated heterocycles. The minimum atomic E-state index is -0.708. The summed E-state index contributed by atoms with van der Waals surface area (Å²) in [5.74, 6) is 0.853. The highest BCUT2D eigenvalue weighted by atomic mass is 16.5. The van der Waals surface area contributed by atoms with Crippen molar-refractivity contribution in [3.8, 4) is 5.88 Å². The van der Waals surface area contributed by atoms with Crippen molar-refractivity contribution in [2.75, 3.05) is 23.8 Å². The molecule has 1 aromatic heterocycles. The number of carboxylic acid groups (broad SMARTS) is 1. The molecule has 0 spiro atoms. The molecule has 1 amide bonds. The normalized spacial score (nSPS) is 19.9. The number of hydrogen-bond donors (Lipinski definition) is 2. The van der Waals surface area contributed by atoms with Gasteiger partial charge in [0.25, 0.3) is 5.91 Å². The van der Waals surface area contributed by atoms with Crippen LogP contribution in [0.15, 0.2) is 24.3 Å². The van der Waals surface area contributed by atoms with E-state index in [4.69, 9.17) is 15.6 Å². The first kappa shape index (κ1) is 25.9. The third-order valence-electron chi connectivity index (χ3n) is 7.45. The highest BCUT2D eigenvalue weighted by Crippen LogP contribution is 2.38. The van der Waals surface area contributed by atoms with Crippen molar-refractivity contribution in [1.29, 1.82) is 0 Å². The molecular weight excluding hydrogens is 456 g/mol. The van der Waals surface area contributed by atoms with E-state index in [9.17, 15) is 9.59 Å². The van der Waals surface area contributed by atoms with Crippen LogP contribution in [-0.4, -0.2) is 40.1 Å². The Morgan fingerprint density at radius 1 is 1.08 bits per heavy atom. The average Bonchev–Trinajstić information content (AvgIpc) is 3.03. The summed E-state index contributed by atoms with van der Waals surface area (Å²) >= 11 is 0. The molecule has 2 aliphatic rings. The average molecular weight is 495 g/mol. The molecule has 1 fully saturated rings. The van der Waals surface area contributed by atoms with Crippen molar-refractivity contribution < 1.29 is 19.4 Å². The van der Waals surface area contributed by atoms with E-state index >= 15 is 0 Å². The van der Waals surface area contributed by atoms with Gasteiger partial charge in [0, 0.05) is 18.5 Å². The summed E-state index contributed by atoms with van der Waals surface area (Å²) in [4.78, 5) is 35.1. The van der Waals surface area contributed by atoms with Gasteiger partial charge in [0.05, 0.1) is 6.54 Å². The number of nitrogens with two attached hydrogens (primary N) is 1. The molecule has 0 radical (unpaired) electrons. The molecule has 1 aliphatic heterocycles. The third-order valence-corrected chi connectivity index (χ3v) is 7.45. The zero-order chi connectivity index (χ0) is 25.5. The molecule has 194 valence electrons. The lowest BCUT2D eigenvalue weighted by atomic mass is 9.77. The van der Waals surface area contributed by atoms with Gasteiger partial charge in [0.15, 0.2) is 0 Å². The molecule has 3 N–H and O–H groups in total. The highest BCUT2D eigenvalue weighted by molar-refractivity contribution is 6.10. The van der Waals surface area contributed by atoms with Gasteiger partial charge in [-0.05, 0) is 61.6 Å². The molecule has 8 heteroatoms. The van der Waals surface area contributed by atoms with E-state index in [1.54, 1.807) is 4.90 Å². The first-order valence-electron chi connectivity index (χ1n) is 13.4. The maximum Gasteiger partial charge on any atom is 0.303 e. The standard InChI is InChI=1S/C28H38N4O4/c1-2-3-4-5-6-7-23-30-26(29)25-27(31-23)36-17-16-32(28(25)35)22-14-12-21(13-15-22)20-10-8-19(9-11-20)18-24(33)34/h12-15,19-20H,2-11,16-18H2,1H3,(H,33,34)(H2,29,30,31)/t19-,20-. The van der Waals surface area contributed by atoms with Crippen LogP contribution in [-0.2, 0) is 11.2 Å². The lowest BCUT2D eigenvalue weighted by Crippen LogP contribution is -2.32. The fourth-order valence-electron chi connectivity index (χ4n) is 5.40. The Morgan fingerprint density at radius 2 is 1.81 bits per heavy atom. The van der Waals surface area contributed by atoms with Crippen LogP contribution in [0.2, 0.25) is 0 Å². The summed E-state index contributed by atoms with van der Waals surface area (Å²) in [6.45, 7) is 2.93. The number of rotatable bonds is 10. The van der Waals surface area contributed by atoms with Crippen molar-refractivity contribution in [3.63, 3.8) is 0 Å². The van der Waals surface area contributed by atoms with E-state index in [1.165, 1.54) is 24.8 Å². The summed E-state index contributed by atoms with van der Waals surface area (Å²) in [7, 11) is 0. The number of amides is 1. The Labute approximate surface area is 213 Å². The summed E-state index contributed by atoms with van der Waals surface area (Å²) < 4.78 is 5.86. The second-order valence-electron chi connectivity index (χ2n) is 10.1. The lowest BCUT2D eigenvalue weighted by molar-refractivity contribution is -0.138. The van der Waals surface area contributed by atoms with Crippen LogP contribution in [0.1, 0.15) is 98.8 Å². The number of benzene rings is 1. The van der Waals surface area contributed by atoms with Gasteiger partial charge in [-0.3, -0.25) is 9.59 Å². The van der Waals surface area contributed by atoms with E-state index in [1.807, 2.05) is 12.1 Å². The first-order valence-corrected chi connectivity index (χ1v) is 13.4. The number of nitrogen functional groups attached to an aromatic ring is 1. The molecular formula is C28H38N4O4. The molecule has 2 aromatic rings. The molecule has 8 nitrogen and oxygen atoms in total. The van der Waals surface area contributed by atoms with Crippen LogP contribution in [0.3, 0.4) is 0 Å². The van der Waals surface area contributed by atoms with Gasteiger partial charge in [0.2, 0.25) is 5.88 Å². The fourth-order valence-corrected chi connectivity index (χ4v) is 5.40. The number of hydrogen-bond acceptors (Lipinski definition) is 6. The SMILES string of the molecule is CCCCCCCc1nc(N)c2c(n1)OCCN(c1ccc([C@H]3CC[C@H](CC(=O)O)CC3)cc1)C2=O. The van der Waals surface area contributed by atoms with Crippen LogP contribution in [0.5, 0.6) is 5.88 Å². The minimum absolute atomic E-state index is 0.176. The number of fused-ring (bicyclic) bond motifs is 1. The molecule has 1 saturated carbocycles. The number of nitrogens with zero attached hydrogens (tertiary/aromatic N) is 3. The Balaban J connectivity index is 1.42. The van der Waals surface area contributed by atoms with Gasteiger partial charge in [-0.15, -0.1) is 0 Å². The van der Waals surface area contributed by atoms with E-state index in [2.05, 4.69) is 29.0 Å². The number of ether oxygens (including phenoxy) is 1. The largest absolute Gasteiger partial charge is 0.481 e. The van der Waals surface area contributed by atoms with Gasteiger partial charge in [-0.25, -0.2) is 4.98 Å². The van der Waals surface area contributed by atoms with Crippen molar-refractivity contribution in [1.82, 2.24) is 9.97 Å². The van der Waals surface area contributed by atoms with Crippen LogP contribution < -0.4 is 15.4 Å². The summed E-state index contributed by atoms with van der Waals surface area (Å²) in [5.41, 5.74) is 8.51. The van der Waals surface area contributed by atoms with Gasteiger partial charge in [-0.1, -0.05) is 44.7 Å². The van der Waals surface area contributed by atoms with Crippen LogP contribution in [0, 0.1) is 5.92 Å². The Morgan fingerprint density at radius 3 is 2.50 bits per heavy atom. The van der Waals surface area contributed by atoms with Gasteiger partial charge >= 0.3 is 5.97 Å². The monoisotopic (exact) mass is 494 g/mol. The number of unbranched alkanes of at least 4 members (excludes halogenated alkanes) is 4. The van der Waals surface area contributed by atoms with Crippen molar-refractivity contribution in [3.05, 3.63) is 41.2 Å². The molecule has 0 atom stereocenters. The second-order valence-corrected chi connectivity index (χ2v) is 10.1. The highest BCUT2D eigenvalue weighted by Gasteiger charge is 2.30. The molecule has 2 heterocycles. The Hall–Kier alpha value is -3.16. The van der Waals surface area contributed by atoms with E-state index in [-0.39, 0.29) is 35.5 Å². The van der Waals surface area contributed by atoms with Crippen LogP contribution in [0.4, 0.5) is 11.5 Å². The second kappa shape index (κ2) is 12.2. The molecule has 1 aromatic carbocycles. The first-order chi connectivity index (χ1) is 17.5. The molecule has 0 unspecified atom stereocenters. The molecule has 36 heavy (non-hydrogen) atoms. The zero-order valence-electron chi connectivity index (χ0n) is 21.2. The minimum Gasteiger partial charge on any atom is -0.481 e. The van der Waals surface area contributed by atoms with Gasteiger partial charge < -0.3 is 20.5 Å². The zero-order valence-corrected chi connectivity index (χ0v) is 21.2. The molecule has 4 rings (SSSR count). The van der Waals surface area contributed by atoms with E-state index in [0.717, 1.165) is 50.6 Å². The number of carbonyl (C=O) groups excluding carboxylic acids is 1. The predicted molar refractivity (Wildman–Crippen MR) is 139 cm³/mol. The lowest BCUT2D eigenvalue weighted by Gasteiger charge is -2.28. The molecule has 0 bridgehead atoms. The van der Waals surface area contributed by atoms with Gasteiger partial charge in [0.1, 0.15) is 23.8 Å². The van der Waals surface area contributed by atoms with Crippen molar-refractivity contribution in [2.45, 2.75) is 83.5 Å². The number of carbonyl (C=O) groups is 2. The van der Waals surface area contributed by atoms with E-state index < -0.39 is 5.97 Å². The summed E-state index contributed by atoms with van der Waals surface area (Å²) in [6, 6.07) is 8.12. The number of aliphatic carboxylic acids is 1. The molecule has 1 aliphatic carbocycles. The van der Waals surface area contributed by atoms with Crippen molar-refractivity contribution in [2.24, 2.45) is 5.92 Å². The summed E-state index contributed by atoms with van der Waals surface area (Å²) in [5, 5.41) is 9.04. The van der Waals surface area contributed by atoms with Gasteiger partial charge in [-0.2, -0.15) is 4.98 Å².